The average molecular weight is 330 g/mol. The standard InChI is InChI=1S/C12H11IO3/c1-2-3-8-11(14)9-6-7(13)4-5-10(9)16-12(8)15/h4-6,14H,2-3H2,1H3. The van der Waals surface area contributed by atoms with Crippen LogP contribution in [0.2, 0.25) is 0 Å². The van der Waals surface area contributed by atoms with E-state index < -0.39 is 5.63 Å². The Morgan fingerprint density at radius 2 is 2.19 bits per heavy atom. The minimum Gasteiger partial charge on any atom is -0.507 e. The second-order valence-corrected chi connectivity index (χ2v) is 4.85. The van der Waals surface area contributed by atoms with Gasteiger partial charge >= 0.3 is 5.63 Å². The lowest BCUT2D eigenvalue weighted by atomic mass is 10.1. The summed E-state index contributed by atoms with van der Waals surface area (Å²) in [4.78, 5) is 11.6. The number of fused-ring (bicyclic) bond motifs is 1. The maximum absolute atomic E-state index is 11.6. The summed E-state index contributed by atoms with van der Waals surface area (Å²) >= 11 is 2.16. The molecular weight excluding hydrogens is 319 g/mol. The zero-order valence-corrected chi connectivity index (χ0v) is 10.9. The third-order valence-corrected chi connectivity index (χ3v) is 3.10. The van der Waals surface area contributed by atoms with Crippen LogP contribution < -0.4 is 5.63 Å². The molecule has 2 rings (SSSR count). The van der Waals surface area contributed by atoms with E-state index in [4.69, 9.17) is 4.42 Å². The van der Waals surface area contributed by atoms with E-state index in [2.05, 4.69) is 22.6 Å². The van der Waals surface area contributed by atoms with Gasteiger partial charge in [0.2, 0.25) is 0 Å². The quantitative estimate of drug-likeness (QED) is 0.680. The summed E-state index contributed by atoms with van der Waals surface area (Å²) in [6.45, 7) is 1.96. The zero-order chi connectivity index (χ0) is 11.7. The molecule has 1 heterocycles. The number of aromatic hydroxyl groups is 1. The second kappa shape index (κ2) is 4.45. The molecule has 84 valence electrons. The summed E-state index contributed by atoms with van der Waals surface area (Å²) in [5, 5.41) is 10.6. The van der Waals surface area contributed by atoms with Gasteiger partial charge < -0.3 is 9.52 Å². The number of halogens is 1. The van der Waals surface area contributed by atoms with Gasteiger partial charge in [0.15, 0.2) is 0 Å². The van der Waals surface area contributed by atoms with Crippen LogP contribution >= 0.6 is 22.6 Å². The fraction of sp³-hybridized carbons (Fsp3) is 0.250. The molecule has 0 fully saturated rings. The lowest BCUT2D eigenvalue weighted by Gasteiger charge is -2.05. The number of benzene rings is 1. The van der Waals surface area contributed by atoms with Crippen LogP contribution in [0.5, 0.6) is 5.75 Å². The Bertz CT molecular complexity index is 587. The van der Waals surface area contributed by atoms with Crippen LogP contribution in [0, 0.1) is 3.57 Å². The Kier molecular flexibility index (Phi) is 3.18. The van der Waals surface area contributed by atoms with Crippen LogP contribution in [0.4, 0.5) is 0 Å². The zero-order valence-electron chi connectivity index (χ0n) is 8.79. The topological polar surface area (TPSA) is 50.4 Å². The predicted molar refractivity (Wildman–Crippen MR) is 70.9 cm³/mol. The molecule has 0 amide bonds. The number of hydrogen-bond acceptors (Lipinski definition) is 3. The Labute approximate surface area is 106 Å². The summed E-state index contributed by atoms with van der Waals surface area (Å²) in [5.41, 5.74) is 0.368. The van der Waals surface area contributed by atoms with Crippen molar-refractivity contribution in [2.75, 3.05) is 0 Å². The van der Waals surface area contributed by atoms with E-state index in [0.29, 0.717) is 23.0 Å². The molecule has 0 radical (unpaired) electrons. The third kappa shape index (κ3) is 1.93. The van der Waals surface area contributed by atoms with Gasteiger partial charge in [-0.3, -0.25) is 0 Å². The van der Waals surface area contributed by atoms with E-state index in [9.17, 15) is 9.90 Å². The molecule has 0 aliphatic carbocycles. The van der Waals surface area contributed by atoms with Crippen LogP contribution in [0.3, 0.4) is 0 Å². The first-order valence-electron chi connectivity index (χ1n) is 5.07. The molecule has 3 nitrogen and oxygen atoms in total. The van der Waals surface area contributed by atoms with Crippen molar-refractivity contribution in [3.63, 3.8) is 0 Å². The maximum Gasteiger partial charge on any atom is 0.343 e. The minimum absolute atomic E-state index is 0.0617. The van der Waals surface area contributed by atoms with Crippen molar-refractivity contribution < 1.29 is 9.52 Å². The highest BCUT2D eigenvalue weighted by Gasteiger charge is 2.12. The smallest absolute Gasteiger partial charge is 0.343 e. The molecule has 1 aromatic heterocycles. The van der Waals surface area contributed by atoms with Gasteiger partial charge in [-0.05, 0) is 47.2 Å². The van der Waals surface area contributed by atoms with Crippen LogP contribution in [-0.4, -0.2) is 5.11 Å². The molecule has 0 unspecified atom stereocenters. The summed E-state index contributed by atoms with van der Waals surface area (Å²) in [6, 6.07) is 5.35. The molecule has 16 heavy (non-hydrogen) atoms. The van der Waals surface area contributed by atoms with Gasteiger partial charge in [-0.2, -0.15) is 0 Å². The highest BCUT2D eigenvalue weighted by molar-refractivity contribution is 14.1. The van der Waals surface area contributed by atoms with Gasteiger partial charge in [-0.25, -0.2) is 4.79 Å². The molecule has 0 spiro atoms. The van der Waals surface area contributed by atoms with Crippen molar-refractivity contribution in [1.82, 2.24) is 0 Å². The van der Waals surface area contributed by atoms with Crippen LogP contribution in [-0.2, 0) is 6.42 Å². The van der Waals surface area contributed by atoms with Crippen molar-refractivity contribution in [3.05, 3.63) is 37.8 Å². The molecule has 0 atom stereocenters. The molecule has 0 saturated heterocycles. The molecule has 1 N–H and O–H groups in total. The lowest BCUT2D eigenvalue weighted by molar-refractivity contribution is 0.456. The van der Waals surface area contributed by atoms with E-state index in [0.717, 1.165) is 9.99 Å². The molecule has 4 heteroatoms. The van der Waals surface area contributed by atoms with Crippen LogP contribution in [0.15, 0.2) is 27.4 Å². The number of rotatable bonds is 2. The number of hydrogen-bond donors (Lipinski definition) is 1. The van der Waals surface area contributed by atoms with Crippen LogP contribution in [0.1, 0.15) is 18.9 Å². The normalized spacial score (nSPS) is 10.9. The first kappa shape index (κ1) is 11.4. The highest BCUT2D eigenvalue weighted by Crippen LogP contribution is 2.28. The Balaban J connectivity index is 2.79. The summed E-state index contributed by atoms with van der Waals surface area (Å²) in [6.07, 6.45) is 1.34. The molecule has 0 aliphatic heterocycles. The van der Waals surface area contributed by atoms with Crippen LogP contribution in [0.25, 0.3) is 11.0 Å². The van der Waals surface area contributed by atoms with Crippen molar-refractivity contribution >= 4 is 33.6 Å². The maximum atomic E-state index is 11.6. The van der Waals surface area contributed by atoms with E-state index >= 15 is 0 Å². The molecule has 0 saturated carbocycles. The summed E-state index contributed by atoms with van der Waals surface area (Å²) in [7, 11) is 0. The van der Waals surface area contributed by atoms with Crippen molar-refractivity contribution in [2.24, 2.45) is 0 Å². The summed E-state index contributed by atoms with van der Waals surface area (Å²) in [5.74, 6) is 0.0617. The Hall–Kier alpha value is -1.04. The van der Waals surface area contributed by atoms with E-state index in [1.807, 2.05) is 19.1 Å². The third-order valence-electron chi connectivity index (χ3n) is 2.43. The van der Waals surface area contributed by atoms with Crippen molar-refractivity contribution in [1.29, 1.82) is 0 Å². The first-order chi connectivity index (χ1) is 7.63. The van der Waals surface area contributed by atoms with Crippen molar-refractivity contribution in [3.8, 4) is 5.75 Å². The predicted octanol–water partition coefficient (Wildman–Crippen LogP) is 3.06. The molecule has 2 aromatic rings. The molecule has 0 aliphatic rings. The van der Waals surface area contributed by atoms with Gasteiger partial charge in [0.25, 0.3) is 0 Å². The fourth-order valence-corrected chi connectivity index (χ4v) is 2.16. The van der Waals surface area contributed by atoms with Gasteiger partial charge in [0.05, 0.1) is 10.9 Å². The van der Waals surface area contributed by atoms with Gasteiger partial charge in [0.1, 0.15) is 11.3 Å². The molecular formula is C12H11IO3. The summed E-state index contributed by atoms with van der Waals surface area (Å²) < 4.78 is 6.16. The van der Waals surface area contributed by atoms with Gasteiger partial charge in [-0.15, -0.1) is 0 Å². The van der Waals surface area contributed by atoms with Crippen molar-refractivity contribution in [2.45, 2.75) is 19.8 Å². The second-order valence-electron chi connectivity index (χ2n) is 3.61. The largest absolute Gasteiger partial charge is 0.507 e. The fourth-order valence-electron chi connectivity index (χ4n) is 1.67. The van der Waals surface area contributed by atoms with E-state index in [-0.39, 0.29) is 5.75 Å². The Morgan fingerprint density at radius 3 is 2.88 bits per heavy atom. The highest BCUT2D eigenvalue weighted by atomic mass is 127. The molecule has 0 bridgehead atoms. The van der Waals surface area contributed by atoms with Gasteiger partial charge in [0, 0.05) is 3.57 Å². The molecule has 1 aromatic carbocycles. The average Bonchev–Trinajstić information content (AvgIpc) is 2.26. The van der Waals surface area contributed by atoms with E-state index in [1.54, 1.807) is 6.07 Å². The van der Waals surface area contributed by atoms with E-state index in [1.165, 1.54) is 0 Å². The lowest BCUT2D eigenvalue weighted by Crippen LogP contribution is -2.07. The Morgan fingerprint density at radius 1 is 1.44 bits per heavy atom. The SMILES string of the molecule is CCCc1c(O)c2cc(I)ccc2oc1=O. The first-order valence-corrected chi connectivity index (χ1v) is 6.15. The van der Waals surface area contributed by atoms with Gasteiger partial charge in [-0.1, -0.05) is 13.3 Å². The monoisotopic (exact) mass is 330 g/mol. The minimum atomic E-state index is -0.437.